The average molecular weight is 353 g/mol. The van der Waals surface area contributed by atoms with Crippen LogP contribution >= 0.6 is 0 Å². The van der Waals surface area contributed by atoms with E-state index in [1.165, 1.54) is 24.1 Å². The second kappa shape index (κ2) is 9.25. The summed E-state index contributed by atoms with van der Waals surface area (Å²) in [7, 11) is 1.66. The van der Waals surface area contributed by atoms with Crippen LogP contribution in [0, 0.1) is 0 Å². The molecule has 5 heteroatoms. The standard InChI is InChI=1S/C21H27N3O2/c1-26-20-10-4-17(5-11-20)12-13-22-16-21(25)23-18-6-8-19(9-7-18)24-14-2-3-15-24/h4-11,22H,2-3,12-16H2,1H3,(H,23,25). The van der Waals surface area contributed by atoms with Crippen molar-refractivity contribution in [3.63, 3.8) is 0 Å². The number of hydrogen-bond acceptors (Lipinski definition) is 4. The van der Waals surface area contributed by atoms with E-state index in [1.54, 1.807) is 7.11 Å². The fourth-order valence-corrected chi connectivity index (χ4v) is 3.16. The van der Waals surface area contributed by atoms with Gasteiger partial charge in [0.15, 0.2) is 0 Å². The Balaban J connectivity index is 1.36. The van der Waals surface area contributed by atoms with Crippen LogP contribution in [0.5, 0.6) is 5.75 Å². The molecular weight excluding hydrogens is 326 g/mol. The second-order valence-corrected chi connectivity index (χ2v) is 6.56. The van der Waals surface area contributed by atoms with Crippen LogP contribution < -0.4 is 20.3 Å². The number of anilines is 2. The van der Waals surface area contributed by atoms with E-state index >= 15 is 0 Å². The number of amides is 1. The first-order valence-electron chi connectivity index (χ1n) is 9.23. The van der Waals surface area contributed by atoms with Crippen LogP contribution in [0.2, 0.25) is 0 Å². The van der Waals surface area contributed by atoms with Crippen molar-refractivity contribution >= 4 is 17.3 Å². The van der Waals surface area contributed by atoms with Gasteiger partial charge in [0.05, 0.1) is 13.7 Å². The molecule has 0 atom stereocenters. The number of benzene rings is 2. The molecule has 0 unspecified atom stereocenters. The second-order valence-electron chi connectivity index (χ2n) is 6.56. The summed E-state index contributed by atoms with van der Waals surface area (Å²) in [6.07, 6.45) is 3.41. The van der Waals surface area contributed by atoms with E-state index in [-0.39, 0.29) is 5.91 Å². The van der Waals surface area contributed by atoms with E-state index in [4.69, 9.17) is 4.74 Å². The van der Waals surface area contributed by atoms with Crippen LogP contribution in [0.15, 0.2) is 48.5 Å². The van der Waals surface area contributed by atoms with Gasteiger partial charge in [0.1, 0.15) is 5.75 Å². The molecule has 138 valence electrons. The van der Waals surface area contributed by atoms with E-state index in [0.717, 1.165) is 37.5 Å². The lowest BCUT2D eigenvalue weighted by Crippen LogP contribution is -2.29. The predicted molar refractivity (Wildman–Crippen MR) is 106 cm³/mol. The fraction of sp³-hybridized carbons (Fsp3) is 0.381. The van der Waals surface area contributed by atoms with Crippen LogP contribution in [0.1, 0.15) is 18.4 Å². The van der Waals surface area contributed by atoms with Crippen LogP contribution in [0.3, 0.4) is 0 Å². The molecule has 1 aliphatic heterocycles. The fourth-order valence-electron chi connectivity index (χ4n) is 3.16. The Morgan fingerprint density at radius 1 is 1.04 bits per heavy atom. The monoisotopic (exact) mass is 353 g/mol. The van der Waals surface area contributed by atoms with Gasteiger partial charge < -0.3 is 20.3 Å². The number of nitrogens with one attached hydrogen (secondary N) is 2. The predicted octanol–water partition coefficient (Wildman–Crippen LogP) is 3.07. The molecule has 0 saturated carbocycles. The van der Waals surface area contributed by atoms with Gasteiger partial charge >= 0.3 is 0 Å². The van der Waals surface area contributed by atoms with Gasteiger partial charge in [-0.15, -0.1) is 0 Å². The topological polar surface area (TPSA) is 53.6 Å². The van der Waals surface area contributed by atoms with Crippen molar-refractivity contribution in [1.29, 1.82) is 0 Å². The molecule has 0 aliphatic carbocycles. The zero-order valence-corrected chi connectivity index (χ0v) is 15.3. The maximum Gasteiger partial charge on any atom is 0.238 e. The highest BCUT2D eigenvalue weighted by Crippen LogP contribution is 2.21. The zero-order chi connectivity index (χ0) is 18.2. The molecule has 0 bridgehead atoms. The first-order chi connectivity index (χ1) is 12.7. The number of rotatable bonds is 8. The normalized spacial score (nSPS) is 13.7. The quantitative estimate of drug-likeness (QED) is 0.716. The highest BCUT2D eigenvalue weighted by Gasteiger charge is 2.12. The van der Waals surface area contributed by atoms with Crippen molar-refractivity contribution in [2.75, 3.05) is 43.5 Å². The minimum absolute atomic E-state index is 0.0198. The number of carbonyl (C=O) groups excluding carboxylic acids is 1. The van der Waals surface area contributed by atoms with E-state index in [2.05, 4.69) is 27.7 Å². The van der Waals surface area contributed by atoms with E-state index in [1.807, 2.05) is 36.4 Å². The molecule has 2 aromatic carbocycles. The van der Waals surface area contributed by atoms with Crippen molar-refractivity contribution in [2.24, 2.45) is 0 Å². The molecule has 1 heterocycles. The Morgan fingerprint density at radius 3 is 2.38 bits per heavy atom. The minimum atomic E-state index is -0.0198. The Bertz CT molecular complexity index is 692. The van der Waals surface area contributed by atoms with E-state index < -0.39 is 0 Å². The Labute approximate surface area is 155 Å². The lowest BCUT2D eigenvalue weighted by Gasteiger charge is -2.17. The van der Waals surface area contributed by atoms with Crippen LogP contribution in [-0.4, -0.2) is 39.2 Å². The third-order valence-corrected chi connectivity index (χ3v) is 4.66. The van der Waals surface area contributed by atoms with Gasteiger partial charge in [0, 0.05) is 24.5 Å². The smallest absolute Gasteiger partial charge is 0.238 e. The zero-order valence-electron chi connectivity index (χ0n) is 15.3. The molecule has 1 amide bonds. The van der Waals surface area contributed by atoms with Gasteiger partial charge in [-0.05, 0) is 67.8 Å². The Kier molecular flexibility index (Phi) is 6.50. The summed E-state index contributed by atoms with van der Waals surface area (Å²) in [6.45, 7) is 3.32. The van der Waals surface area contributed by atoms with Crippen molar-refractivity contribution in [3.05, 3.63) is 54.1 Å². The summed E-state index contributed by atoms with van der Waals surface area (Å²) < 4.78 is 5.15. The molecular formula is C21H27N3O2. The first-order valence-corrected chi connectivity index (χ1v) is 9.23. The summed E-state index contributed by atoms with van der Waals surface area (Å²) in [5, 5.41) is 6.12. The van der Waals surface area contributed by atoms with Crippen molar-refractivity contribution < 1.29 is 9.53 Å². The number of carbonyl (C=O) groups is 1. The van der Waals surface area contributed by atoms with Gasteiger partial charge in [0.25, 0.3) is 0 Å². The molecule has 26 heavy (non-hydrogen) atoms. The van der Waals surface area contributed by atoms with Crippen molar-refractivity contribution in [3.8, 4) is 5.75 Å². The third kappa shape index (κ3) is 5.23. The molecule has 0 aromatic heterocycles. The largest absolute Gasteiger partial charge is 0.497 e. The highest BCUT2D eigenvalue weighted by molar-refractivity contribution is 5.92. The van der Waals surface area contributed by atoms with Gasteiger partial charge in [-0.25, -0.2) is 0 Å². The summed E-state index contributed by atoms with van der Waals surface area (Å²) in [4.78, 5) is 14.4. The van der Waals surface area contributed by atoms with Crippen LogP contribution in [0.25, 0.3) is 0 Å². The Hall–Kier alpha value is -2.53. The summed E-state index contributed by atoms with van der Waals surface area (Å²) in [5.74, 6) is 0.838. The Morgan fingerprint density at radius 2 is 1.73 bits per heavy atom. The average Bonchev–Trinajstić information content (AvgIpc) is 3.21. The van der Waals surface area contributed by atoms with Crippen molar-refractivity contribution in [1.82, 2.24) is 5.32 Å². The lowest BCUT2D eigenvalue weighted by atomic mass is 10.1. The molecule has 2 aromatic rings. The van der Waals surface area contributed by atoms with E-state index in [0.29, 0.717) is 6.54 Å². The number of nitrogens with zero attached hydrogens (tertiary/aromatic N) is 1. The molecule has 2 N–H and O–H groups in total. The molecule has 0 spiro atoms. The first kappa shape index (κ1) is 18.3. The SMILES string of the molecule is COc1ccc(CCNCC(=O)Nc2ccc(N3CCCC3)cc2)cc1. The molecule has 1 fully saturated rings. The lowest BCUT2D eigenvalue weighted by molar-refractivity contribution is -0.115. The molecule has 3 rings (SSSR count). The number of methoxy groups -OCH3 is 1. The molecule has 1 saturated heterocycles. The molecule has 1 aliphatic rings. The summed E-state index contributed by atoms with van der Waals surface area (Å²) >= 11 is 0. The van der Waals surface area contributed by atoms with Gasteiger partial charge in [-0.2, -0.15) is 0 Å². The minimum Gasteiger partial charge on any atom is -0.497 e. The maximum atomic E-state index is 12.0. The maximum absolute atomic E-state index is 12.0. The van der Waals surface area contributed by atoms with E-state index in [9.17, 15) is 4.79 Å². The third-order valence-electron chi connectivity index (χ3n) is 4.66. The summed E-state index contributed by atoms with van der Waals surface area (Å²) in [6, 6.07) is 16.1. The van der Waals surface area contributed by atoms with Gasteiger partial charge in [-0.1, -0.05) is 12.1 Å². The van der Waals surface area contributed by atoms with Crippen molar-refractivity contribution in [2.45, 2.75) is 19.3 Å². The number of hydrogen-bond donors (Lipinski definition) is 2. The molecule has 0 radical (unpaired) electrons. The van der Waals surface area contributed by atoms with Crippen LogP contribution in [-0.2, 0) is 11.2 Å². The van der Waals surface area contributed by atoms with Gasteiger partial charge in [-0.3, -0.25) is 4.79 Å². The van der Waals surface area contributed by atoms with Gasteiger partial charge in [0.2, 0.25) is 5.91 Å². The number of ether oxygens (including phenoxy) is 1. The summed E-state index contributed by atoms with van der Waals surface area (Å²) in [5.41, 5.74) is 3.30. The highest BCUT2D eigenvalue weighted by atomic mass is 16.5. The van der Waals surface area contributed by atoms with Crippen LogP contribution in [0.4, 0.5) is 11.4 Å². The molecule has 5 nitrogen and oxygen atoms in total.